The summed E-state index contributed by atoms with van der Waals surface area (Å²) in [6.45, 7) is 4.31. The zero-order chi connectivity index (χ0) is 14.7. The summed E-state index contributed by atoms with van der Waals surface area (Å²) in [4.78, 5) is 5.19. The zero-order valence-electron chi connectivity index (χ0n) is 11.9. The number of nitrogens with zero attached hydrogens (tertiary/aromatic N) is 1. The van der Waals surface area contributed by atoms with E-state index in [1.807, 2.05) is 18.2 Å². The average molecular weight is 312 g/mol. The van der Waals surface area contributed by atoms with Crippen molar-refractivity contribution in [1.29, 1.82) is 0 Å². The smallest absolute Gasteiger partial charge is 0.137 e. The minimum atomic E-state index is -1.11. The van der Waals surface area contributed by atoms with Crippen LogP contribution >= 0.6 is 11.6 Å². The number of ether oxygens (including phenoxy) is 1. The third kappa shape index (κ3) is 3.30. The Hall–Kier alpha value is -1.13. The van der Waals surface area contributed by atoms with E-state index < -0.39 is 10.8 Å². The molecule has 0 amide bonds. The van der Waals surface area contributed by atoms with Crippen molar-refractivity contribution in [2.75, 3.05) is 7.11 Å². The Morgan fingerprint density at radius 3 is 2.75 bits per heavy atom. The molecule has 0 spiro atoms. The molecule has 0 radical (unpaired) electrons. The predicted molar refractivity (Wildman–Crippen MR) is 85.6 cm³/mol. The minimum absolute atomic E-state index is 0.536. The molecule has 108 valence electrons. The molecular formula is C15H18ClNO2S. The van der Waals surface area contributed by atoms with Crippen LogP contribution in [0.5, 0.6) is 5.75 Å². The summed E-state index contributed by atoms with van der Waals surface area (Å²) in [7, 11) is 0.473. The zero-order valence-corrected chi connectivity index (χ0v) is 13.4. The van der Waals surface area contributed by atoms with Crippen molar-refractivity contribution >= 4 is 33.6 Å². The highest BCUT2D eigenvalue weighted by Crippen LogP contribution is 2.34. The topological polar surface area (TPSA) is 38.7 Å². The molecule has 1 aliphatic heterocycles. The van der Waals surface area contributed by atoms with Gasteiger partial charge in [-0.25, -0.2) is 9.20 Å². The summed E-state index contributed by atoms with van der Waals surface area (Å²) in [6, 6.07) is 5.52. The maximum atomic E-state index is 12.0. The second-order valence-electron chi connectivity index (χ2n) is 5.09. The molecule has 20 heavy (non-hydrogen) atoms. The predicted octanol–water partition coefficient (Wildman–Crippen LogP) is 4.24. The van der Waals surface area contributed by atoms with Gasteiger partial charge in [-0.2, -0.15) is 0 Å². The first kappa shape index (κ1) is 15.3. The Morgan fingerprint density at radius 2 is 2.15 bits per heavy atom. The first-order valence-corrected chi connectivity index (χ1v) is 8.14. The second-order valence-corrected chi connectivity index (χ2v) is 6.79. The third-order valence-electron chi connectivity index (χ3n) is 3.16. The molecule has 0 aliphatic carbocycles. The molecule has 0 bridgehead atoms. The Bertz CT molecular complexity index is 594. The van der Waals surface area contributed by atoms with E-state index in [1.165, 1.54) is 5.55 Å². The van der Waals surface area contributed by atoms with Gasteiger partial charge in [0.1, 0.15) is 5.75 Å². The van der Waals surface area contributed by atoms with Crippen molar-refractivity contribution in [2.24, 2.45) is 10.9 Å². The summed E-state index contributed by atoms with van der Waals surface area (Å²) in [5, 5.41) is 0.536. The monoisotopic (exact) mass is 311 g/mol. The summed E-state index contributed by atoms with van der Waals surface area (Å²) in [6.07, 6.45) is 1.79. The number of benzene rings is 1. The van der Waals surface area contributed by atoms with Crippen LogP contribution in [-0.4, -0.2) is 16.9 Å². The van der Waals surface area contributed by atoms with Crippen molar-refractivity contribution in [2.45, 2.75) is 26.7 Å². The van der Waals surface area contributed by atoms with E-state index in [0.29, 0.717) is 16.7 Å². The van der Waals surface area contributed by atoms with Crippen molar-refractivity contribution in [3.63, 3.8) is 0 Å². The Labute approximate surface area is 127 Å². The molecule has 1 aliphatic rings. The summed E-state index contributed by atoms with van der Waals surface area (Å²) >= 11 is 6.14. The fraction of sp³-hybridized carbons (Fsp3) is 0.400. The summed E-state index contributed by atoms with van der Waals surface area (Å²) in [5.41, 5.74) is 3.17. The van der Waals surface area contributed by atoms with E-state index in [0.717, 1.165) is 29.0 Å². The van der Waals surface area contributed by atoms with Crippen molar-refractivity contribution in [3.05, 3.63) is 33.7 Å². The largest absolute Gasteiger partial charge is 0.495 e. The summed E-state index contributed by atoms with van der Waals surface area (Å²) < 4.78 is 17.2. The first-order valence-electron chi connectivity index (χ1n) is 6.54. The lowest BCUT2D eigenvalue weighted by atomic mass is 10.1. The molecule has 1 unspecified atom stereocenters. The van der Waals surface area contributed by atoms with Crippen LogP contribution in [0, 0.1) is 5.92 Å². The van der Waals surface area contributed by atoms with E-state index in [1.54, 1.807) is 7.11 Å². The Kier molecular flexibility index (Phi) is 5.00. The normalized spacial score (nSPS) is 18.1. The van der Waals surface area contributed by atoms with Gasteiger partial charge in [0.05, 0.1) is 34.2 Å². The van der Waals surface area contributed by atoms with Gasteiger partial charge in [-0.05, 0) is 37.0 Å². The second kappa shape index (κ2) is 6.55. The molecule has 0 N–H and O–H groups in total. The van der Waals surface area contributed by atoms with E-state index in [-0.39, 0.29) is 0 Å². The Balaban J connectivity index is 2.35. The fourth-order valence-electron chi connectivity index (χ4n) is 2.02. The van der Waals surface area contributed by atoms with Gasteiger partial charge in [-0.1, -0.05) is 25.4 Å². The number of hydrogen-bond acceptors (Lipinski definition) is 3. The van der Waals surface area contributed by atoms with Crippen LogP contribution in [0.25, 0.3) is 5.70 Å². The Morgan fingerprint density at radius 1 is 1.40 bits per heavy atom. The molecule has 1 heterocycles. The number of allylic oxidation sites excluding steroid dienone is 1. The van der Waals surface area contributed by atoms with Gasteiger partial charge < -0.3 is 4.74 Å². The lowest BCUT2D eigenvalue weighted by Crippen LogP contribution is -1.97. The summed E-state index contributed by atoms with van der Waals surface area (Å²) in [5.74, 6) is 1.20. The minimum Gasteiger partial charge on any atom is -0.495 e. The van der Waals surface area contributed by atoms with Gasteiger partial charge >= 0.3 is 0 Å². The van der Waals surface area contributed by atoms with Gasteiger partial charge in [0.2, 0.25) is 0 Å². The maximum absolute atomic E-state index is 12.0. The molecule has 0 aromatic heterocycles. The molecule has 0 saturated heterocycles. The highest BCUT2D eigenvalue weighted by atomic mass is 35.5. The molecule has 0 saturated carbocycles. The number of hydrogen-bond donors (Lipinski definition) is 0. The molecule has 5 heteroatoms. The van der Waals surface area contributed by atoms with Crippen LogP contribution in [-0.2, 0) is 10.8 Å². The van der Waals surface area contributed by atoms with Crippen LogP contribution in [0.2, 0.25) is 5.02 Å². The fourth-order valence-corrected chi connectivity index (χ4v) is 3.29. The molecule has 1 atom stereocenters. The van der Waals surface area contributed by atoms with Gasteiger partial charge in [0, 0.05) is 10.5 Å². The van der Waals surface area contributed by atoms with E-state index in [4.69, 9.17) is 16.3 Å². The quantitative estimate of drug-likeness (QED) is 0.815. The van der Waals surface area contributed by atoms with E-state index in [2.05, 4.69) is 18.8 Å². The van der Waals surface area contributed by atoms with Crippen LogP contribution in [0.1, 0.15) is 32.3 Å². The van der Waals surface area contributed by atoms with Crippen LogP contribution in [0.15, 0.2) is 28.1 Å². The number of rotatable bonds is 5. The SMILES string of the molecule is COc1ccc(C2=C(CCC(C)C)S(=O)C=N2)cc1Cl. The molecule has 3 nitrogen and oxygen atoms in total. The molecule has 1 aromatic carbocycles. The van der Waals surface area contributed by atoms with E-state index in [9.17, 15) is 4.21 Å². The average Bonchev–Trinajstić information content (AvgIpc) is 2.77. The van der Waals surface area contributed by atoms with Crippen molar-refractivity contribution in [1.82, 2.24) is 0 Å². The number of methoxy groups -OCH3 is 1. The van der Waals surface area contributed by atoms with Gasteiger partial charge in [0.25, 0.3) is 0 Å². The number of halogens is 1. The van der Waals surface area contributed by atoms with Gasteiger partial charge in [-0.15, -0.1) is 0 Å². The molecular weight excluding hydrogens is 294 g/mol. The maximum Gasteiger partial charge on any atom is 0.137 e. The molecule has 2 rings (SSSR count). The number of aliphatic imine (C=N–C) groups is 1. The first-order chi connectivity index (χ1) is 9.52. The lowest BCUT2D eigenvalue weighted by Gasteiger charge is -2.09. The highest BCUT2D eigenvalue weighted by molar-refractivity contribution is 8.02. The van der Waals surface area contributed by atoms with Crippen LogP contribution in [0.4, 0.5) is 0 Å². The van der Waals surface area contributed by atoms with Gasteiger partial charge in [-0.3, -0.25) is 0 Å². The van der Waals surface area contributed by atoms with Crippen molar-refractivity contribution in [3.8, 4) is 5.75 Å². The third-order valence-corrected chi connectivity index (χ3v) is 4.63. The highest BCUT2D eigenvalue weighted by Gasteiger charge is 2.20. The van der Waals surface area contributed by atoms with Crippen LogP contribution < -0.4 is 4.74 Å². The standard InChI is InChI=1S/C15H18ClNO2S/c1-10(2)4-7-14-15(17-9-20(14)18)11-5-6-13(19-3)12(16)8-11/h5-6,8-10H,4,7H2,1-3H3. The van der Waals surface area contributed by atoms with Crippen LogP contribution in [0.3, 0.4) is 0 Å². The molecule has 0 fully saturated rings. The van der Waals surface area contributed by atoms with Crippen molar-refractivity contribution < 1.29 is 8.95 Å². The lowest BCUT2D eigenvalue weighted by molar-refractivity contribution is 0.415. The van der Waals surface area contributed by atoms with E-state index >= 15 is 0 Å². The molecule has 1 aromatic rings. The van der Waals surface area contributed by atoms with Gasteiger partial charge in [0.15, 0.2) is 0 Å².